The molecule has 0 saturated carbocycles. The van der Waals surface area contributed by atoms with Gasteiger partial charge in [0, 0.05) is 39.5 Å². The molecule has 0 aromatic heterocycles. The molecule has 0 bridgehead atoms. The Balaban J connectivity index is 0.000000249. The quantitative estimate of drug-likeness (QED) is 0.709. The van der Waals surface area contributed by atoms with Crippen molar-refractivity contribution in [3.63, 3.8) is 0 Å². The lowest BCUT2D eigenvalue weighted by Crippen LogP contribution is -2.30. The van der Waals surface area contributed by atoms with E-state index in [1.165, 1.54) is 38.5 Å². The fourth-order valence-electron chi connectivity index (χ4n) is 1.89. The van der Waals surface area contributed by atoms with Crippen LogP contribution in [0, 0.1) is 0 Å². The van der Waals surface area contributed by atoms with Crippen LogP contribution in [0.5, 0.6) is 0 Å². The normalized spacial score (nSPS) is 22.7. The van der Waals surface area contributed by atoms with Crippen molar-refractivity contribution >= 4 is 0 Å². The van der Waals surface area contributed by atoms with Crippen LogP contribution in [0.4, 0.5) is 0 Å². The van der Waals surface area contributed by atoms with Gasteiger partial charge in [-0.15, -0.1) is 0 Å². The van der Waals surface area contributed by atoms with Gasteiger partial charge in [0.25, 0.3) is 0 Å². The molecule has 4 N–H and O–H groups in total. The summed E-state index contributed by atoms with van der Waals surface area (Å²) in [6.45, 7) is 7.83. The Morgan fingerprint density at radius 3 is 0.947 bits per heavy atom. The van der Waals surface area contributed by atoms with Gasteiger partial charge in [-0.1, -0.05) is 0 Å². The van der Waals surface area contributed by atoms with E-state index in [4.69, 9.17) is 14.2 Å². The van der Waals surface area contributed by atoms with E-state index in [0.717, 1.165) is 52.7 Å². The zero-order valence-electron chi connectivity index (χ0n) is 12.3. The van der Waals surface area contributed by atoms with Crippen molar-refractivity contribution in [2.75, 3.05) is 52.7 Å². The Morgan fingerprint density at radius 2 is 0.842 bits per heavy atom. The van der Waals surface area contributed by atoms with Gasteiger partial charge in [0.1, 0.15) is 0 Å². The Labute approximate surface area is 118 Å². The first-order valence-corrected chi connectivity index (χ1v) is 7.44. The van der Waals surface area contributed by atoms with Crippen molar-refractivity contribution in [2.24, 2.45) is 0 Å². The SMILES string of the molecule is C1CCOCC1.C1CCOCC1.C1COCCN1.N. The van der Waals surface area contributed by atoms with Crippen LogP contribution in [0.25, 0.3) is 0 Å². The smallest absolute Gasteiger partial charge is 0.0591 e. The molecule has 5 heteroatoms. The van der Waals surface area contributed by atoms with Gasteiger partial charge in [-0.05, 0) is 38.5 Å². The molecular formula is C14H32N2O3. The van der Waals surface area contributed by atoms with Gasteiger partial charge >= 0.3 is 0 Å². The summed E-state index contributed by atoms with van der Waals surface area (Å²) in [4.78, 5) is 0. The van der Waals surface area contributed by atoms with E-state index in [0.29, 0.717) is 0 Å². The third-order valence-corrected chi connectivity index (χ3v) is 3.00. The lowest BCUT2D eigenvalue weighted by Gasteiger charge is -2.10. The maximum atomic E-state index is 5.07. The maximum Gasteiger partial charge on any atom is 0.0591 e. The molecule has 3 saturated heterocycles. The van der Waals surface area contributed by atoms with Crippen LogP contribution in [0.2, 0.25) is 0 Å². The first kappa shape index (κ1) is 18.8. The summed E-state index contributed by atoms with van der Waals surface area (Å²) in [6, 6.07) is 0. The lowest BCUT2D eigenvalue weighted by molar-refractivity contribution is 0.0967. The minimum atomic E-state index is 0. The van der Waals surface area contributed by atoms with E-state index >= 15 is 0 Å². The van der Waals surface area contributed by atoms with Crippen LogP contribution in [0.3, 0.4) is 0 Å². The molecular weight excluding hydrogens is 244 g/mol. The molecule has 3 fully saturated rings. The van der Waals surface area contributed by atoms with E-state index < -0.39 is 0 Å². The number of morpholine rings is 1. The lowest BCUT2D eigenvalue weighted by atomic mass is 10.2. The highest BCUT2D eigenvalue weighted by Crippen LogP contribution is 2.02. The number of hydrogen-bond acceptors (Lipinski definition) is 5. The molecule has 5 nitrogen and oxygen atoms in total. The molecule has 3 rings (SSSR count). The number of rotatable bonds is 0. The summed E-state index contributed by atoms with van der Waals surface area (Å²) in [5.41, 5.74) is 0. The highest BCUT2D eigenvalue weighted by molar-refractivity contribution is 4.49. The van der Waals surface area contributed by atoms with Gasteiger partial charge in [0.15, 0.2) is 0 Å². The number of nitrogens with one attached hydrogen (secondary N) is 1. The first-order valence-electron chi connectivity index (χ1n) is 7.44. The molecule has 19 heavy (non-hydrogen) atoms. The van der Waals surface area contributed by atoms with Crippen LogP contribution in [-0.2, 0) is 14.2 Å². The van der Waals surface area contributed by atoms with Gasteiger partial charge in [-0.25, -0.2) is 0 Å². The van der Waals surface area contributed by atoms with Crippen molar-refractivity contribution in [3.8, 4) is 0 Å². The highest BCUT2D eigenvalue weighted by atomic mass is 16.5. The van der Waals surface area contributed by atoms with Crippen molar-refractivity contribution in [2.45, 2.75) is 38.5 Å². The van der Waals surface area contributed by atoms with E-state index in [-0.39, 0.29) is 6.15 Å². The minimum Gasteiger partial charge on any atom is -0.381 e. The van der Waals surface area contributed by atoms with Gasteiger partial charge < -0.3 is 25.7 Å². The van der Waals surface area contributed by atoms with Gasteiger partial charge in [0.05, 0.1) is 13.2 Å². The summed E-state index contributed by atoms with van der Waals surface area (Å²) >= 11 is 0. The van der Waals surface area contributed by atoms with Crippen molar-refractivity contribution in [3.05, 3.63) is 0 Å². The van der Waals surface area contributed by atoms with Crippen LogP contribution < -0.4 is 11.5 Å². The molecule has 0 aliphatic carbocycles. The van der Waals surface area contributed by atoms with Crippen LogP contribution in [-0.4, -0.2) is 52.7 Å². The molecule has 116 valence electrons. The van der Waals surface area contributed by atoms with E-state index in [9.17, 15) is 0 Å². The van der Waals surface area contributed by atoms with Crippen LogP contribution >= 0.6 is 0 Å². The number of hydrogen-bond donors (Lipinski definition) is 2. The maximum absolute atomic E-state index is 5.07. The Morgan fingerprint density at radius 1 is 0.474 bits per heavy atom. The molecule has 0 aromatic carbocycles. The van der Waals surface area contributed by atoms with E-state index in [1.54, 1.807) is 0 Å². The average molecular weight is 276 g/mol. The summed E-state index contributed by atoms with van der Waals surface area (Å²) in [6.07, 6.45) is 7.86. The minimum absolute atomic E-state index is 0. The second-order valence-electron chi connectivity index (χ2n) is 4.71. The number of ether oxygens (including phenoxy) is 3. The predicted molar refractivity (Wildman–Crippen MR) is 78.1 cm³/mol. The molecule has 0 radical (unpaired) electrons. The summed E-state index contributed by atoms with van der Waals surface area (Å²) < 4.78 is 15.1. The monoisotopic (exact) mass is 276 g/mol. The molecule has 0 spiro atoms. The fourth-order valence-corrected chi connectivity index (χ4v) is 1.89. The predicted octanol–water partition coefficient (Wildman–Crippen LogP) is 2.14. The van der Waals surface area contributed by atoms with Gasteiger partial charge in [-0.3, -0.25) is 0 Å². The van der Waals surface area contributed by atoms with Crippen molar-refractivity contribution < 1.29 is 14.2 Å². The molecule has 3 aliphatic rings. The topological polar surface area (TPSA) is 74.7 Å². The highest BCUT2D eigenvalue weighted by Gasteiger charge is 1.95. The average Bonchev–Trinajstić information content (AvgIpc) is 2.54. The second-order valence-corrected chi connectivity index (χ2v) is 4.71. The van der Waals surface area contributed by atoms with Crippen LogP contribution in [0.15, 0.2) is 0 Å². The third kappa shape index (κ3) is 14.0. The molecule has 3 aliphatic heterocycles. The third-order valence-electron chi connectivity index (χ3n) is 3.00. The van der Waals surface area contributed by atoms with Gasteiger partial charge in [-0.2, -0.15) is 0 Å². The Kier molecular flexibility index (Phi) is 15.7. The molecule has 0 aromatic rings. The van der Waals surface area contributed by atoms with Crippen molar-refractivity contribution in [1.82, 2.24) is 11.5 Å². The summed E-state index contributed by atoms with van der Waals surface area (Å²) in [5.74, 6) is 0. The standard InChI is InChI=1S/2C5H10O.C4H9NO.H3N/c2*1-2-4-6-5-3-1;1-3-6-4-2-5-1;/h2*1-5H2;5H,1-4H2;1H3. The van der Waals surface area contributed by atoms with Crippen LogP contribution in [0.1, 0.15) is 38.5 Å². The largest absolute Gasteiger partial charge is 0.381 e. The summed E-state index contributed by atoms with van der Waals surface area (Å²) in [5, 5.41) is 3.16. The van der Waals surface area contributed by atoms with Gasteiger partial charge in [0.2, 0.25) is 0 Å². The first-order chi connectivity index (χ1) is 9.00. The zero-order chi connectivity index (χ0) is 12.7. The summed E-state index contributed by atoms with van der Waals surface area (Å²) in [7, 11) is 0. The molecule has 3 heterocycles. The van der Waals surface area contributed by atoms with E-state index in [1.807, 2.05) is 0 Å². The molecule has 0 atom stereocenters. The Hall–Kier alpha value is -0.200. The van der Waals surface area contributed by atoms with E-state index in [2.05, 4.69) is 5.32 Å². The molecule has 0 amide bonds. The zero-order valence-corrected chi connectivity index (χ0v) is 12.3. The second kappa shape index (κ2) is 15.9. The van der Waals surface area contributed by atoms with Crippen molar-refractivity contribution in [1.29, 1.82) is 0 Å². The molecule has 0 unspecified atom stereocenters. The fraction of sp³-hybridized carbons (Fsp3) is 1.00. The Bertz CT molecular complexity index is 95.7.